The number of ether oxygens (including phenoxy) is 1. The summed E-state index contributed by atoms with van der Waals surface area (Å²) in [6.45, 7) is 2.01. The Morgan fingerprint density at radius 3 is 2.76 bits per heavy atom. The molecule has 1 aromatic rings. The SMILES string of the molecule is COc1ccc(C(=O)NC2(C(=O)O)CCCC(C)C2)cn1. The third-order valence-corrected chi connectivity index (χ3v) is 3.97. The van der Waals surface area contributed by atoms with Gasteiger partial charge in [0.15, 0.2) is 0 Å². The molecule has 1 heterocycles. The minimum Gasteiger partial charge on any atom is -0.481 e. The van der Waals surface area contributed by atoms with Gasteiger partial charge in [0, 0.05) is 12.3 Å². The van der Waals surface area contributed by atoms with Crippen LogP contribution in [0.25, 0.3) is 0 Å². The van der Waals surface area contributed by atoms with Crippen LogP contribution in [0.3, 0.4) is 0 Å². The Morgan fingerprint density at radius 1 is 1.48 bits per heavy atom. The Labute approximate surface area is 123 Å². The summed E-state index contributed by atoms with van der Waals surface area (Å²) in [5.74, 6) is -0.694. The largest absolute Gasteiger partial charge is 0.481 e. The fourth-order valence-corrected chi connectivity index (χ4v) is 2.84. The highest BCUT2D eigenvalue weighted by Gasteiger charge is 2.43. The summed E-state index contributed by atoms with van der Waals surface area (Å²) in [6.07, 6.45) is 4.10. The smallest absolute Gasteiger partial charge is 0.329 e. The molecule has 0 aliphatic heterocycles. The number of nitrogens with one attached hydrogen (secondary N) is 1. The van der Waals surface area contributed by atoms with Gasteiger partial charge >= 0.3 is 5.97 Å². The zero-order valence-electron chi connectivity index (χ0n) is 12.3. The molecule has 2 rings (SSSR count). The zero-order chi connectivity index (χ0) is 15.5. The number of nitrogens with zero attached hydrogens (tertiary/aromatic N) is 1. The Hall–Kier alpha value is -2.11. The lowest BCUT2D eigenvalue weighted by Crippen LogP contribution is -2.56. The van der Waals surface area contributed by atoms with Crippen molar-refractivity contribution < 1.29 is 19.4 Å². The van der Waals surface area contributed by atoms with Gasteiger partial charge in [-0.2, -0.15) is 0 Å². The number of amides is 1. The fraction of sp³-hybridized carbons (Fsp3) is 0.533. The second kappa shape index (κ2) is 6.11. The van der Waals surface area contributed by atoms with Crippen LogP contribution >= 0.6 is 0 Å². The summed E-state index contributed by atoms with van der Waals surface area (Å²) < 4.78 is 4.93. The van der Waals surface area contributed by atoms with E-state index < -0.39 is 17.4 Å². The number of carbonyl (C=O) groups is 2. The van der Waals surface area contributed by atoms with E-state index in [-0.39, 0.29) is 5.92 Å². The van der Waals surface area contributed by atoms with Crippen molar-refractivity contribution in [2.45, 2.75) is 38.1 Å². The number of methoxy groups -OCH3 is 1. The first-order chi connectivity index (χ1) is 9.97. The molecule has 114 valence electrons. The van der Waals surface area contributed by atoms with Crippen LogP contribution in [0.4, 0.5) is 0 Å². The third-order valence-electron chi connectivity index (χ3n) is 3.97. The van der Waals surface area contributed by atoms with Gasteiger partial charge in [-0.15, -0.1) is 0 Å². The van der Waals surface area contributed by atoms with E-state index in [1.165, 1.54) is 13.3 Å². The van der Waals surface area contributed by atoms with Crippen LogP contribution in [0, 0.1) is 5.92 Å². The molecule has 0 aromatic carbocycles. The van der Waals surface area contributed by atoms with Gasteiger partial charge in [0.2, 0.25) is 5.88 Å². The first kappa shape index (κ1) is 15.3. The predicted octanol–water partition coefficient (Wildman–Crippen LogP) is 1.85. The quantitative estimate of drug-likeness (QED) is 0.884. The first-order valence-corrected chi connectivity index (χ1v) is 7.03. The number of hydrogen-bond acceptors (Lipinski definition) is 4. The second-order valence-electron chi connectivity index (χ2n) is 5.63. The summed E-state index contributed by atoms with van der Waals surface area (Å²) in [7, 11) is 1.49. The summed E-state index contributed by atoms with van der Waals surface area (Å²) in [6, 6.07) is 3.15. The van der Waals surface area contributed by atoms with Gasteiger partial charge < -0.3 is 15.2 Å². The van der Waals surface area contributed by atoms with Gasteiger partial charge in [-0.3, -0.25) is 4.79 Å². The molecule has 1 aliphatic carbocycles. The Balaban J connectivity index is 2.16. The molecule has 0 saturated heterocycles. The number of carboxylic acids is 1. The molecule has 0 bridgehead atoms. The Kier molecular flexibility index (Phi) is 4.45. The molecule has 1 amide bonds. The van der Waals surface area contributed by atoms with Crippen LogP contribution in [0.5, 0.6) is 5.88 Å². The first-order valence-electron chi connectivity index (χ1n) is 7.03. The van der Waals surface area contributed by atoms with Crippen LogP contribution in [0.1, 0.15) is 43.0 Å². The molecule has 1 fully saturated rings. The van der Waals surface area contributed by atoms with E-state index in [0.717, 1.165) is 12.8 Å². The number of rotatable bonds is 4. The van der Waals surface area contributed by atoms with Crippen LogP contribution in [-0.4, -0.2) is 34.6 Å². The van der Waals surface area contributed by atoms with Gasteiger partial charge in [-0.1, -0.05) is 19.8 Å². The topological polar surface area (TPSA) is 88.5 Å². The molecule has 6 nitrogen and oxygen atoms in total. The lowest BCUT2D eigenvalue weighted by Gasteiger charge is -2.37. The monoisotopic (exact) mass is 292 g/mol. The standard InChI is InChI=1S/C15H20N2O4/c1-10-4-3-7-15(8-10,14(19)20)17-13(18)11-5-6-12(21-2)16-9-11/h5-6,9-10H,3-4,7-8H2,1-2H3,(H,17,18)(H,19,20). The van der Waals surface area contributed by atoms with Crippen molar-refractivity contribution in [3.63, 3.8) is 0 Å². The molecule has 1 saturated carbocycles. The second-order valence-corrected chi connectivity index (χ2v) is 5.63. The van der Waals surface area contributed by atoms with Gasteiger partial charge in [-0.25, -0.2) is 9.78 Å². The summed E-state index contributed by atoms with van der Waals surface area (Å²) >= 11 is 0. The maximum Gasteiger partial charge on any atom is 0.329 e. The summed E-state index contributed by atoms with van der Waals surface area (Å²) in [5, 5.41) is 12.2. The maximum atomic E-state index is 12.3. The molecule has 0 radical (unpaired) electrons. The third kappa shape index (κ3) is 3.32. The highest BCUT2D eigenvalue weighted by Crippen LogP contribution is 2.32. The van der Waals surface area contributed by atoms with E-state index in [2.05, 4.69) is 10.3 Å². The lowest BCUT2D eigenvalue weighted by molar-refractivity contribution is -0.146. The highest BCUT2D eigenvalue weighted by atomic mass is 16.5. The van der Waals surface area contributed by atoms with Gasteiger partial charge in [0.25, 0.3) is 5.91 Å². The van der Waals surface area contributed by atoms with Crippen molar-refractivity contribution in [3.05, 3.63) is 23.9 Å². The Morgan fingerprint density at radius 2 is 2.24 bits per heavy atom. The molecule has 1 aromatic heterocycles. The fourth-order valence-electron chi connectivity index (χ4n) is 2.84. The van der Waals surface area contributed by atoms with Crippen LogP contribution < -0.4 is 10.1 Å². The molecule has 21 heavy (non-hydrogen) atoms. The average Bonchev–Trinajstić information content (AvgIpc) is 2.47. The van der Waals surface area contributed by atoms with Crippen LogP contribution in [0.15, 0.2) is 18.3 Å². The van der Waals surface area contributed by atoms with Gasteiger partial charge in [-0.05, 0) is 24.8 Å². The molecular formula is C15H20N2O4. The summed E-state index contributed by atoms with van der Waals surface area (Å²) in [5.41, 5.74) is -0.844. The number of carboxylic acid groups (broad SMARTS) is 1. The highest BCUT2D eigenvalue weighted by molar-refractivity contribution is 5.97. The van der Waals surface area contributed by atoms with Crippen molar-refractivity contribution in [1.82, 2.24) is 10.3 Å². The molecule has 2 atom stereocenters. The van der Waals surface area contributed by atoms with Crippen molar-refractivity contribution in [3.8, 4) is 5.88 Å². The maximum absolute atomic E-state index is 12.3. The van der Waals surface area contributed by atoms with Gasteiger partial charge in [0.1, 0.15) is 5.54 Å². The number of pyridine rings is 1. The van der Waals surface area contributed by atoms with E-state index in [1.54, 1.807) is 12.1 Å². The van der Waals surface area contributed by atoms with Crippen LogP contribution in [0.2, 0.25) is 0 Å². The number of hydrogen-bond donors (Lipinski definition) is 2. The van der Waals surface area contributed by atoms with E-state index in [0.29, 0.717) is 24.3 Å². The van der Waals surface area contributed by atoms with E-state index in [9.17, 15) is 14.7 Å². The molecule has 2 N–H and O–H groups in total. The number of carbonyl (C=O) groups excluding carboxylic acids is 1. The Bertz CT molecular complexity index is 529. The molecular weight excluding hydrogens is 272 g/mol. The van der Waals surface area contributed by atoms with E-state index in [4.69, 9.17) is 4.74 Å². The zero-order valence-corrected chi connectivity index (χ0v) is 12.3. The van der Waals surface area contributed by atoms with Crippen molar-refractivity contribution in [1.29, 1.82) is 0 Å². The summed E-state index contributed by atoms with van der Waals surface area (Å²) in [4.78, 5) is 27.9. The molecule has 2 unspecified atom stereocenters. The number of aromatic nitrogens is 1. The predicted molar refractivity (Wildman–Crippen MR) is 76.3 cm³/mol. The minimum absolute atomic E-state index is 0.282. The van der Waals surface area contributed by atoms with Crippen molar-refractivity contribution >= 4 is 11.9 Å². The molecule has 6 heteroatoms. The van der Waals surface area contributed by atoms with Gasteiger partial charge in [0.05, 0.1) is 12.7 Å². The average molecular weight is 292 g/mol. The van der Waals surface area contributed by atoms with Crippen LogP contribution in [-0.2, 0) is 4.79 Å². The lowest BCUT2D eigenvalue weighted by atomic mass is 9.76. The van der Waals surface area contributed by atoms with E-state index >= 15 is 0 Å². The van der Waals surface area contributed by atoms with E-state index in [1.807, 2.05) is 6.92 Å². The molecule has 1 aliphatic rings. The molecule has 0 spiro atoms. The minimum atomic E-state index is -1.17. The normalized spacial score (nSPS) is 25.1. The van der Waals surface area contributed by atoms with Crippen molar-refractivity contribution in [2.75, 3.05) is 7.11 Å². The number of aliphatic carboxylic acids is 1. The van der Waals surface area contributed by atoms with Crippen molar-refractivity contribution in [2.24, 2.45) is 5.92 Å².